The quantitative estimate of drug-likeness (QED) is 0.0718. The Morgan fingerprint density at radius 3 is 1.79 bits per heavy atom. The number of allylic oxidation sites excluding steroid dienone is 2. The van der Waals surface area contributed by atoms with Crippen molar-refractivity contribution in [3.8, 4) is 0 Å². The molecule has 0 aromatic carbocycles. The lowest BCUT2D eigenvalue weighted by atomic mass is 9.33. The molecule has 3 heterocycles. The van der Waals surface area contributed by atoms with Gasteiger partial charge in [0.05, 0.1) is 37.9 Å². The monoisotopic (exact) mass is 959 g/mol. The molecule has 12 N–H and O–H groups in total. The molecule has 7 fully saturated rings. The van der Waals surface area contributed by atoms with E-state index in [1.165, 1.54) is 5.57 Å². The minimum Gasteiger partial charge on any atom is -0.432 e. The van der Waals surface area contributed by atoms with Crippen LogP contribution in [0.25, 0.3) is 0 Å². The molecule has 0 radical (unpaired) electrons. The van der Waals surface area contributed by atoms with E-state index >= 15 is 0 Å². The number of fused-ring (bicyclic) bond motifs is 7. The average Bonchev–Trinajstić information content (AvgIpc) is 3.29. The Bertz CT molecular complexity index is 1810. The number of carbonyl (C=O) groups excluding carboxylic acids is 1. The summed E-state index contributed by atoms with van der Waals surface area (Å²) in [6.07, 6.45) is -14.9. The Kier molecular flexibility index (Phi) is 14.4. The zero-order chi connectivity index (χ0) is 49.0. The van der Waals surface area contributed by atoms with Gasteiger partial charge in [0.1, 0.15) is 73.2 Å². The maximum Gasteiger partial charge on any atom is 0.315 e. The van der Waals surface area contributed by atoms with E-state index in [4.69, 9.17) is 28.4 Å². The molecule has 0 amide bonds. The molecule has 4 saturated carbocycles. The van der Waals surface area contributed by atoms with Crippen molar-refractivity contribution in [2.75, 3.05) is 26.4 Å². The number of esters is 1. The summed E-state index contributed by atoms with van der Waals surface area (Å²) in [4.78, 5) is 15.0. The molecular formula is C48H78O19. The van der Waals surface area contributed by atoms with Crippen molar-refractivity contribution in [3.05, 3.63) is 11.6 Å². The van der Waals surface area contributed by atoms with Crippen molar-refractivity contribution in [2.24, 2.45) is 50.2 Å². The van der Waals surface area contributed by atoms with Crippen LogP contribution in [0.2, 0.25) is 0 Å². The van der Waals surface area contributed by atoms with Crippen LogP contribution in [0.15, 0.2) is 11.6 Å². The largest absolute Gasteiger partial charge is 0.432 e. The second-order valence-corrected chi connectivity index (χ2v) is 23.3. The number of hydrogen-bond donors (Lipinski definition) is 12. The fourth-order valence-electron chi connectivity index (χ4n) is 15.0. The second-order valence-electron chi connectivity index (χ2n) is 23.3. The summed E-state index contributed by atoms with van der Waals surface area (Å²) in [7, 11) is 0. The van der Waals surface area contributed by atoms with E-state index in [1.807, 2.05) is 6.92 Å². The molecule has 0 aromatic heterocycles. The molecule has 24 atom stereocenters. The maximum absolute atomic E-state index is 15.0. The highest BCUT2D eigenvalue weighted by molar-refractivity contribution is 5.79. The van der Waals surface area contributed by atoms with Gasteiger partial charge in [-0.15, -0.1) is 0 Å². The first-order valence-electron chi connectivity index (χ1n) is 24.5. The predicted molar refractivity (Wildman–Crippen MR) is 232 cm³/mol. The van der Waals surface area contributed by atoms with Gasteiger partial charge in [-0.3, -0.25) is 4.79 Å². The van der Waals surface area contributed by atoms with Gasteiger partial charge in [0.2, 0.25) is 6.29 Å². The van der Waals surface area contributed by atoms with Gasteiger partial charge in [-0.05, 0) is 104 Å². The van der Waals surface area contributed by atoms with Crippen LogP contribution in [-0.2, 0) is 33.2 Å². The number of carbonyl (C=O) groups is 1. The zero-order valence-electron chi connectivity index (χ0n) is 39.7. The third kappa shape index (κ3) is 8.19. The number of ether oxygens (including phenoxy) is 6. The van der Waals surface area contributed by atoms with Gasteiger partial charge >= 0.3 is 5.97 Å². The number of aliphatic hydroxyl groups excluding tert-OH is 12. The van der Waals surface area contributed by atoms with Crippen molar-refractivity contribution in [2.45, 2.75) is 204 Å². The lowest BCUT2D eigenvalue weighted by molar-refractivity contribution is -0.333. The topological polar surface area (TPSA) is 315 Å². The normalized spacial score (nSPS) is 54.1. The molecule has 19 heteroatoms. The molecule has 19 nitrogen and oxygen atoms in total. The van der Waals surface area contributed by atoms with Crippen LogP contribution in [0.4, 0.5) is 0 Å². The molecule has 5 aliphatic carbocycles. The predicted octanol–water partition coefficient (Wildman–Crippen LogP) is -0.887. The summed E-state index contributed by atoms with van der Waals surface area (Å²) in [5.41, 5.74) is -1.47. The van der Waals surface area contributed by atoms with E-state index in [9.17, 15) is 66.1 Å². The number of aliphatic hydroxyl groups is 12. The van der Waals surface area contributed by atoms with E-state index in [0.717, 1.165) is 32.1 Å². The Hall–Kier alpha value is -1.47. The van der Waals surface area contributed by atoms with Gasteiger partial charge in [0.15, 0.2) is 12.6 Å². The van der Waals surface area contributed by atoms with Crippen molar-refractivity contribution in [1.29, 1.82) is 0 Å². The molecule has 8 aliphatic rings. The van der Waals surface area contributed by atoms with Gasteiger partial charge in [-0.25, -0.2) is 0 Å². The fourth-order valence-corrected chi connectivity index (χ4v) is 15.0. The molecule has 67 heavy (non-hydrogen) atoms. The molecular weight excluding hydrogens is 881 g/mol. The van der Waals surface area contributed by atoms with Crippen LogP contribution in [0.3, 0.4) is 0 Å². The molecule has 8 rings (SSSR count). The molecule has 0 spiro atoms. The van der Waals surface area contributed by atoms with Crippen molar-refractivity contribution in [3.63, 3.8) is 0 Å². The fraction of sp³-hybridized carbons (Fsp3) is 0.938. The first kappa shape index (κ1) is 51.9. The highest BCUT2D eigenvalue weighted by Crippen LogP contribution is 2.76. The smallest absolute Gasteiger partial charge is 0.315 e. The second kappa shape index (κ2) is 18.5. The van der Waals surface area contributed by atoms with Crippen molar-refractivity contribution < 1.29 is 94.5 Å². The molecule has 384 valence electrons. The summed E-state index contributed by atoms with van der Waals surface area (Å²) in [6, 6.07) is 0. The Labute approximate surface area is 392 Å². The minimum atomic E-state index is -1.82. The Balaban J connectivity index is 1.02. The lowest BCUT2D eigenvalue weighted by Gasteiger charge is -2.71. The van der Waals surface area contributed by atoms with Gasteiger partial charge in [-0.1, -0.05) is 53.2 Å². The summed E-state index contributed by atoms with van der Waals surface area (Å²) in [6.45, 7) is 11.5. The standard InChI is InChI=1S/C48H78O19/c1-43(2)13-15-48(42(61)67-41-38(60)35(57)32(54)26(65-41)20-62-39-36(58)33(55)30(52)24(18-49)63-39)16-14-46(5)22(23(48)17-43)7-8-28-44(3)11-10-29(45(4,21-51)27(44)9-12-47(28,46)6)66-40-37(59)34(56)31(53)25(19-50)64-40/h7,23-41,49-60H,8-21H2,1-6H3/t23?,24-,25-,26-,27?,28?,29+,30-,31-,32-,33+,34+,35+,36-,37-,38-,39?,40?,41+,44+,45?,46-,47-,48+/m1/s1. The molecule has 6 unspecified atom stereocenters. The first-order valence-corrected chi connectivity index (χ1v) is 24.5. The van der Waals surface area contributed by atoms with Gasteiger partial charge < -0.3 is 89.7 Å². The molecule has 0 bridgehead atoms. The zero-order valence-corrected chi connectivity index (χ0v) is 39.7. The Morgan fingerprint density at radius 2 is 1.18 bits per heavy atom. The number of hydrogen-bond acceptors (Lipinski definition) is 19. The van der Waals surface area contributed by atoms with Crippen molar-refractivity contribution in [1.82, 2.24) is 0 Å². The maximum atomic E-state index is 15.0. The van der Waals surface area contributed by atoms with E-state index in [-0.39, 0.29) is 46.0 Å². The summed E-state index contributed by atoms with van der Waals surface area (Å²) >= 11 is 0. The highest BCUT2D eigenvalue weighted by atomic mass is 16.7. The Morgan fingerprint density at radius 1 is 0.627 bits per heavy atom. The van der Waals surface area contributed by atoms with Gasteiger partial charge in [0, 0.05) is 5.41 Å². The van der Waals surface area contributed by atoms with Crippen LogP contribution in [0.1, 0.15) is 106 Å². The third-order valence-corrected chi connectivity index (χ3v) is 19.4. The average molecular weight is 959 g/mol. The summed E-state index contributed by atoms with van der Waals surface area (Å²) in [5, 5.41) is 126. The van der Waals surface area contributed by atoms with E-state index < -0.39 is 135 Å². The van der Waals surface area contributed by atoms with Gasteiger partial charge in [0.25, 0.3) is 0 Å². The third-order valence-electron chi connectivity index (χ3n) is 19.4. The summed E-state index contributed by atoms with van der Waals surface area (Å²) in [5.74, 6) is -0.614. The van der Waals surface area contributed by atoms with E-state index in [1.54, 1.807) is 0 Å². The lowest BCUT2D eigenvalue weighted by Crippen LogP contribution is -2.67. The van der Waals surface area contributed by atoms with Crippen LogP contribution in [0.5, 0.6) is 0 Å². The van der Waals surface area contributed by atoms with Crippen molar-refractivity contribution >= 4 is 5.97 Å². The summed E-state index contributed by atoms with van der Waals surface area (Å²) < 4.78 is 35.3. The van der Waals surface area contributed by atoms with E-state index in [0.29, 0.717) is 32.1 Å². The highest BCUT2D eigenvalue weighted by Gasteiger charge is 2.70. The minimum absolute atomic E-state index is 0.00115. The van der Waals surface area contributed by atoms with Crippen LogP contribution >= 0.6 is 0 Å². The molecule has 0 aromatic rings. The van der Waals surface area contributed by atoms with Crippen LogP contribution in [-0.4, -0.2) is 192 Å². The molecule has 3 saturated heterocycles. The molecule has 3 aliphatic heterocycles. The first-order chi connectivity index (χ1) is 31.4. The van der Waals surface area contributed by atoms with Gasteiger partial charge in [-0.2, -0.15) is 0 Å². The van der Waals surface area contributed by atoms with E-state index in [2.05, 4.69) is 40.7 Å². The SMILES string of the molecule is CC1(C)CC[C@]2(C(=O)O[C@@H]3O[C@H](COC4O[C@H](CO)[C@@H](O)[C@H](O)[C@H]4O)[C@@H](O)[C@H](O)[C@H]3O)CC[C@]3(C)C(=CCC4[C@@]5(C)CC[C@H](OC6O[C@H](CO)[C@@H](O)[C@H](O)[C@H]6O)C(C)(CO)C5CC[C@]43C)C2C1. The van der Waals surface area contributed by atoms with Crippen LogP contribution in [0, 0.1) is 50.2 Å². The van der Waals surface area contributed by atoms with Crippen LogP contribution < -0.4 is 0 Å². The number of rotatable bonds is 10.